The number of hydrogen-bond donors (Lipinski definition) is 2. The lowest BCUT2D eigenvalue weighted by Gasteiger charge is -2.27. The van der Waals surface area contributed by atoms with Crippen molar-refractivity contribution in [2.45, 2.75) is 25.0 Å². The first-order valence-electron chi connectivity index (χ1n) is 13.7. The molecule has 0 aliphatic heterocycles. The SMILES string of the molecule is CN(C)CCN(CC(=O)O)C(=O)[C@H](CC(=O)OCc1ccccc1)NC(=O)OCC1c2ccccc2-c2ccccc21. The van der Waals surface area contributed by atoms with E-state index >= 15 is 0 Å². The molecule has 4 rings (SSSR count). The second-order valence-corrected chi connectivity index (χ2v) is 10.3. The third-order valence-electron chi connectivity index (χ3n) is 7.00. The van der Waals surface area contributed by atoms with E-state index in [1.807, 2.05) is 66.7 Å². The fourth-order valence-corrected chi connectivity index (χ4v) is 4.92. The fraction of sp³-hybridized carbons (Fsp3) is 0.312. The van der Waals surface area contributed by atoms with Crippen molar-refractivity contribution in [3.63, 3.8) is 0 Å². The lowest BCUT2D eigenvalue weighted by Crippen LogP contribution is -2.52. The number of benzene rings is 3. The number of carboxylic acid groups (broad SMARTS) is 1. The van der Waals surface area contributed by atoms with Gasteiger partial charge in [0.25, 0.3) is 0 Å². The number of likely N-dealkylation sites (N-methyl/N-ethyl adjacent to an activating group) is 1. The van der Waals surface area contributed by atoms with E-state index in [0.717, 1.165) is 32.7 Å². The first kappa shape index (κ1) is 30.3. The van der Waals surface area contributed by atoms with Crippen LogP contribution in [0.2, 0.25) is 0 Å². The molecule has 0 aromatic heterocycles. The van der Waals surface area contributed by atoms with Gasteiger partial charge in [0.2, 0.25) is 5.91 Å². The zero-order valence-corrected chi connectivity index (χ0v) is 23.7. The summed E-state index contributed by atoms with van der Waals surface area (Å²) in [5.41, 5.74) is 4.96. The quantitative estimate of drug-likeness (QED) is 0.298. The standard InChI is InChI=1S/C32H35N3O7/c1-34(2)16-17-35(19-29(36)37)31(39)28(18-30(38)41-20-22-10-4-3-5-11-22)33-32(40)42-21-27-25-14-8-6-12-23(25)24-13-7-9-15-26(24)27/h3-15,27-28H,16-21H2,1-2H3,(H,33,40)(H,36,37)/t28-/m0/s1. The molecule has 1 aliphatic carbocycles. The third-order valence-corrected chi connectivity index (χ3v) is 7.00. The van der Waals surface area contributed by atoms with Gasteiger partial charge >= 0.3 is 18.0 Å². The number of ether oxygens (including phenoxy) is 2. The van der Waals surface area contributed by atoms with E-state index < -0.39 is 42.9 Å². The number of carboxylic acids is 1. The van der Waals surface area contributed by atoms with E-state index in [2.05, 4.69) is 5.32 Å². The number of rotatable bonds is 13. The summed E-state index contributed by atoms with van der Waals surface area (Å²) in [6.45, 7) is -0.118. The van der Waals surface area contributed by atoms with Crippen LogP contribution in [0.5, 0.6) is 0 Å². The molecule has 42 heavy (non-hydrogen) atoms. The molecule has 0 saturated heterocycles. The van der Waals surface area contributed by atoms with Crippen molar-refractivity contribution in [3.05, 3.63) is 95.6 Å². The van der Waals surface area contributed by atoms with Crippen LogP contribution in [0, 0.1) is 0 Å². The highest BCUT2D eigenvalue weighted by Gasteiger charge is 2.32. The molecular formula is C32H35N3O7. The minimum Gasteiger partial charge on any atom is -0.480 e. The van der Waals surface area contributed by atoms with Crippen LogP contribution in [-0.2, 0) is 30.5 Å². The minimum absolute atomic E-state index is 0.00893. The fourth-order valence-electron chi connectivity index (χ4n) is 4.92. The second-order valence-electron chi connectivity index (χ2n) is 10.3. The minimum atomic E-state index is -1.38. The van der Waals surface area contributed by atoms with Crippen molar-refractivity contribution in [1.82, 2.24) is 15.1 Å². The van der Waals surface area contributed by atoms with Crippen LogP contribution in [0.25, 0.3) is 11.1 Å². The average molecular weight is 574 g/mol. The van der Waals surface area contributed by atoms with Gasteiger partial charge in [-0.1, -0.05) is 78.9 Å². The summed E-state index contributed by atoms with van der Waals surface area (Å²) in [5, 5.41) is 11.9. The molecule has 0 bridgehead atoms. The highest BCUT2D eigenvalue weighted by atomic mass is 16.5. The molecule has 220 valence electrons. The van der Waals surface area contributed by atoms with Crippen LogP contribution in [0.15, 0.2) is 78.9 Å². The van der Waals surface area contributed by atoms with Crippen LogP contribution < -0.4 is 5.32 Å². The Balaban J connectivity index is 1.46. The molecular weight excluding hydrogens is 538 g/mol. The van der Waals surface area contributed by atoms with Gasteiger partial charge in [-0.05, 0) is 41.9 Å². The van der Waals surface area contributed by atoms with E-state index in [4.69, 9.17) is 9.47 Å². The largest absolute Gasteiger partial charge is 0.480 e. The van der Waals surface area contributed by atoms with Crippen molar-refractivity contribution in [2.75, 3.05) is 40.3 Å². The smallest absolute Gasteiger partial charge is 0.407 e. The number of hydrogen-bond acceptors (Lipinski definition) is 7. The number of amides is 2. The molecule has 0 fully saturated rings. The highest BCUT2D eigenvalue weighted by molar-refractivity contribution is 5.91. The molecule has 3 aromatic rings. The third kappa shape index (κ3) is 7.94. The van der Waals surface area contributed by atoms with Crippen molar-refractivity contribution in [1.29, 1.82) is 0 Å². The monoisotopic (exact) mass is 573 g/mol. The maximum atomic E-state index is 13.5. The Hall–Kier alpha value is -4.70. The molecule has 0 saturated carbocycles. The Morgan fingerprint density at radius 2 is 1.43 bits per heavy atom. The number of carbonyl (C=O) groups is 4. The van der Waals surface area contributed by atoms with Crippen molar-refractivity contribution < 1.29 is 33.8 Å². The Bertz CT molecular complexity index is 1360. The molecule has 10 heteroatoms. The molecule has 0 spiro atoms. The van der Waals surface area contributed by atoms with Crippen LogP contribution in [0.4, 0.5) is 4.79 Å². The van der Waals surface area contributed by atoms with Crippen LogP contribution in [0.3, 0.4) is 0 Å². The van der Waals surface area contributed by atoms with Gasteiger partial charge in [0.15, 0.2) is 0 Å². The van der Waals surface area contributed by atoms with Crippen LogP contribution in [0.1, 0.15) is 29.0 Å². The lowest BCUT2D eigenvalue weighted by atomic mass is 9.98. The van der Waals surface area contributed by atoms with Gasteiger partial charge in [-0.3, -0.25) is 14.4 Å². The first-order chi connectivity index (χ1) is 20.2. The number of nitrogens with zero attached hydrogens (tertiary/aromatic N) is 2. The van der Waals surface area contributed by atoms with Gasteiger partial charge < -0.3 is 29.7 Å². The molecule has 2 N–H and O–H groups in total. The number of esters is 1. The summed E-state index contributed by atoms with van der Waals surface area (Å²) >= 11 is 0. The molecule has 3 aromatic carbocycles. The molecule has 10 nitrogen and oxygen atoms in total. The Morgan fingerprint density at radius 3 is 2.02 bits per heavy atom. The molecule has 2 amide bonds. The van der Waals surface area contributed by atoms with Gasteiger partial charge in [-0.2, -0.15) is 0 Å². The molecule has 0 unspecified atom stereocenters. The van der Waals surface area contributed by atoms with E-state index in [1.165, 1.54) is 0 Å². The summed E-state index contributed by atoms with van der Waals surface area (Å²) in [4.78, 5) is 53.7. The van der Waals surface area contributed by atoms with E-state index in [1.54, 1.807) is 31.1 Å². The molecule has 0 heterocycles. The number of fused-ring (bicyclic) bond motifs is 3. The van der Waals surface area contributed by atoms with E-state index in [-0.39, 0.29) is 25.7 Å². The number of nitrogens with one attached hydrogen (secondary N) is 1. The summed E-state index contributed by atoms with van der Waals surface area (Å²) in [6.07, 6.45) is -1.39. The van der Waals surface area contributed by atoms with Gasteiger partial charge in [-0.25, -0.2) is 4.79 Å². The Morgan fingerprint density at radius 1 is 0.833 bits per heavy atom. The number of alkyl carbamates (subject to hydrolysis) is 1. The highest BCUT2D eigenvalue weighted by Crippen LogP contribution is 2.44. The van der Waals surface area contributed by atoms with Crippen molar-refractivity contribution in [2.24, 2.45) is 0 Å². The second kappa shape index (κ2) is 14.3. The zero-order chi connectivity index (χ0) is 30.1. The Kier molecular flexibility index (Phi) is 10.3. The van der Waals surface area contributed by atoms with Gasteiger partial charge in [-0.15, -0.1) is 0 Å². The summed E-state index contributed by atoms with van der Waals surface area (Å²) in [7, 11) is 3.58. The van der Waals surface area contributed by atoms with Crippen LogP contribution >= 0.6 is 0 Å². The summed E-state index contributed by atoms with van der Waals surface area (Å²) in [6, 6.07) is 23.5. The first-order valence-corrected chi connectivity index (χ1v) is 13.7. The predicted molar refractivity (Wildman–Crippen MR) is 156 cm³/mol. The molecule has 1 aliphatic rings. The van der Waals surface area contributed by atoms with E-state index in [0.29, 0.717) is 6.54 Å². The maximum absolute atomic E-state index is 13.5. The molecule has 0 radical (unpaired) electrons. The van der Waals surface area contributed by atoms with Crippen molar-refractivity contribution >= 4 is 23.9 Å². The predicted octanol–water partition coefficient (Wildman–Crippen LogP) is 3.50. The van der Waals surface area contributed by atoms with Gasteiger partial charge in [0, 0.05) is 19.0 Å². The number of carbonyl (C=O) groups excluding carboxylic acids is 3. The summed E-state index contributed by atoms with van der Waals surface area (Å²) < 4.78 is 10.9. The zero-order valence-electron chi connectivity index (χ0n) is 23.7. The average Bonchev–Trinajstić information content (AvgIpc) is 3.30. The normalized spacial score (nSPS) is 12.6. The van der Waals surface area contributed by atoms with Gasteiger partial charge in [0.1, 0.15) is 25.8 Å². The Labute approximate surface area is 244 Å². The van der Waals surface area contributed by atoms with Gasteiger partial charge in [0.05, 0.1) is 6.42 Å². The van der Waals surface area contributed by atoms with Crippen molar-refractivity contribution in [3.8, 4) is 11.1 Å². The van der Waals surface area contributed by atoms with Crippen LogP contribution in [-0.4, -0.2) is 85.2 Å². The summed E-state index contributed by atoms with van der Waals surface area (Å²) in [5.74, 6) is -2.85. The maximum Gasteiger partial charge on any atom is 0.407 e. The lowest BCUT2D eigenvalue weighted by molar-refractivity contribution is -0.150. The molecule has 1 atom stereocenters. The topological polar surface area (TPSA) is 125 Å². The van der Waals surface area contributed by atoms with E-state index in [9.17, 15) is 24.3 Å². The number of aliphatic carboxylic acids is 1.